The van der Waals surface area contributed by atoms with Gasteiger partial charge in [0.25, 0.3) is 5.56 Å². The molecule has 0 bridgehead atoms. The van der Waals surface area contributed by atoms with Crippen molar-refractivity contribution in [3.05, 3.63) is 45.8 Å². The van der Waals surface area contributed by atoms with E-state index in [-0.39, 0.29) is 12.2 Å². The molecule has 0 spiro atoms. The van der Waals surface area contributed by atoms with E-state index < -0.39 is 86.3 Å². The summed E-state index contributed by atoms with van der Waals surface area (Å²) in [4.78, 5) is 49.2. The van der Waals surface area contributed by atoms with Crippen molar-refractivity contribution < 1.29 is 52.7 Å². The zero-order chi connectivity index (χ0) is 31.6. The number of hydrogen-bond acceptors (Lipinski definition) is 17. The highest BCUT2D eigenvalue weighted by Crippen LogP contribution is 2.63. The van der Waals surface area contributed by atoms with Gasteiger partial charge in [-0.2, -0.15) is 0 Å². The van der Waals surface area contributed by atoms with E-state index in [9.17, 15) is 29.2 Å². The maximum Gasteiger partial charge on any atom is 0.506 e. The summed E-state index contributed by atoms with van der Waals surface area (Å²) in [5, 5.41) is 29.6. The summed E-state index contributed by atoms with van der Waals surface area (Å²) in [6, 6.07) is 1.07. The number of nitrogens with zero attached hydrogens (tertiary/aromatic N) is 5. The van der Waals surface area contributed by atoms with Crippen LogP contribution in [0.15, 0.2) is 34.5 Å². The van der Waals surface area contributed by atoms with E-state index in [0.717, 1.165) is 16.8 Å². The first-order valence-corrected chi connectivity index (χ1v) is 16.0. The number of aliphatic hydroxyl groups is 2. The van der Waals surface area contributed by atoms with Gasteiger partial charge in [-0.15, -0.1) is 0 Å². The van der Waals surface area contributed by atoms with Crippen molar-refractivity contribution in [2.75, 3.05) is 32.0 Å². The molecule has 5 heterocycles. The van der Waals surface area contributed by atoms with Gasteiger partial charge < -0.3 is 40.0 Å². The van der Waals surface area contributed by atoms with Crippen LogP contribution in [0.5, 0.6) is 0 Å². The SMILES string of the molecule is CO[C@@H]1C(n2ccc(=O)[nH]c2=O)O[C@H](CO)[C@@H]1O[P@](=O)(OC[C@H]1O[C@@H](n2cnc3c(N)ncnc32)C[C@H]1O)SCOC(=O)O. The Bertz CT molecular complexity index is 1650. The number of methoxy groups -OCH3 is 1. The minimum Gasteiger partial charge on any atom is -0.450 e. The van der Waals surface area contributed by atoms with E-state index >= 15 is 0 Å². The summed E-state index contributed by atoms with van der Waals surface area (Å²) >= 11 is 0.369. The number of H-pyrrole nitrogens is 1. The molecule has 20 nitrogen and oxygen atoms in total. The third-order valence-corrected chi connectivity index (χ3v) is 10.2. The Morgan fingerprint density at radius 2 is 2.02 bits per heavy atom. The lowest BCUT2D eigenvalue weighted by Gasteiger charge is -2.27. The number of ether oxygens (including phenoxy) is 4. The molecule has 6 N–H and O–H groups in total. The van der Waals surface area contributed by atoms with Crippen molar-refractivity contribution in [2.45, 2.75) is 49.4 Å². The molecule has 0 radical (unpaired) electrons. The standard InChI is InChI=1S/C22H28N7O13PS/c1-37-17-16(11(5-30)41-20(17)28-3-2-13(32)27-21(28)33)42-43(36,44-9-38-22(34)35)39-6-12-10(31)4-14(40-12)29-8-26-15-18(23)24-7-25-19(15)29/h2-3,7-8,10-12,14,16-17,20,30-31H,4-6,9H2,1H3,(H,34,35)(H2,23,24,25)(H,27,32,33)/t10-,11-,12-,14-,16+,17+,20?,43+/m1/s1. The number of anilines is 1. The van der Waals surface area contributed by atoms with Crippen LogP contribution < -0.4 is 17.0 Å². The highest BCUT2D eigenvalue weighted by molar-refractivity contribution is 8.55. The molecule has 2 fully saturated rings. The smallest absolute Gasteiger partial charge is 0.450 e. The Balaban J connectivity index is 1.33. The number of nitrogens with one attached hydrogen (secondary N) is 1. The molecule has 0 amide bonds. The van der Waals surface area contributed by atoms with E-state index in [1.165, 1.54) is 19.8 Å². The highest BCUT2D eigenvalue weighted by atomic mass is 32.7. The third-order valence-electron chi connectivity index (χ3n) is 6.81. The van der Waals surface area contributed by atoms with Crippen LogP contribution in [0.2, 0.25) is 0 Å². The van der Waals surface area contributed by atoms with Gasteiger partial charge in [0.1, 0.15) is 42.5 Å². The number of fused-ring (bicyclic) bond motifs is 1. The fourth-order valence-electron chi connectivity index (χ4n) is 4.75. The maximum atomic E-state index is 14.0. The number of aliphatic hydroxyl groups excluding tert-OH is 2. The number of carbonyl (C=O) groups is 1. The monoisotopic (exact) mass is 661 g/mol. The number of imidazole rings is 1. The molecule has 2 aliphatic heterocycles. The fraction of sp³-hybridized carbons (Fsp3) is 0.545. The summed E-state index contributed by atoms with van der Waals surface area (Å²) in [7, 11) is 1.25. The summed E-state index contributed by atoms with van der Waals surface area (Å²) < 4.78 is 49.6. The van der Waals surface area contributed by atoms with Crippen molar-refractivity contribution in [1.82, 2.24) is 29.1 Å². The van der Waals surface area contributed by atoms with Gasteiger partial charge in [0.05, 0.1) is 25.6 Å². The van der Waals surface area contributed by atoms with E-state index in [1.54, 1.807) is 4.57 Å². The molecule has 22 heteroatoms. The number of hydrogen-bond donors (Lipinski definition) is 5. The summed E-state index contributed by atoms with van der Waals surface area (Å²) in [6.45, 7) is -5.57. The second kappa shape index (κ2) is 13.3. The summed E-state index contributed by atoms with van der Waals surface area (Å²) in [5.74, 6) is -0.520. The van der Waals surface area contributed by atoms with Crippen LogP contribution in [0.1, 0.15) is 18.9 Å². The second-order valence-electron chi connectivity index (χ2n) is 9.45. The van der Waals surface area contributed by atoms with Gasteiger partial charge in [0, 0.05) is 37.2 Å². The molecule has 2 saturated heterocycles. The van der Waals surface area contributed by atoms with Crippen LogP contribution >= 0.6 is 18.2 Å². The molecule has 1 unspecified atom stereocenters. The van der Waals surface area contributed by atoms with E-state index in [1.807, 2.05) is 0 Å². The first kappa shape index (κ1) is 32.0. The molecular formula is C22H28N7O13PS. The Labute approximate surface area is 250 Å². The minimum atomic E-state index is -4.40. The van der Waals surface area contributed by atoms with Gasteiger partial charge in [-0.25, -0.2) is 29.1 Å². The molecule has 0 saturated carbocycles. The Morgan fingerprint density at radius 1 is 1.23 bits per heavy atom. The molecule has 240 valence electrons. The molecule has 3 aromatic rings. The van der Waals surface area contributed by atoms with Crippen LogP contribution in [-0.4, -0.2) is 107 Å². The molecule has 44 heavy (non-hydrogen) atoms. The van der Waals surface area contributed by atoms with Crippen molar-refractivity contribution in [3.63, 3.8) is 0 Å². The summed E-state index contributed by atoms with van der Waals surface area (Å²) in [6.07, 6.45) is -5.57. The average Bonchev–Trinajstić information content (AvgIpc) is 3.67. The predicted molar refractivity (Wildman–Crippen MR) is 147 cm³/mol. The van der Waals surface area contributed by atoms with Crippen LogP contribution in [0.25, 0.3) is 11.2 Å². The average molecular weight is 662 g/mol. The van der Waals surface area contributed by atoms with Crippen molar-refractivity contribution >= 4 is 41.3 Å². The highest BCUT2D eigenvalue weighted by Gasteiger charge is 2.51. The Kier molecular flexibility index (Phi) is 9.68. The molecule has 5 rings (SSSR count). The maximum absolute atomic E-state index is 14.0. The van der Waals surface area contributed by atoms with Crippen LogP contribution in [0, 0.1) is 0 Å². The number of aromatic amines is 1. The van der Waals surface area contributed by atoms with Gasteiger partial charge in [-0.3, -0.25) is 28.0 Å². The zero-order valence-corrected chi connectivity index (χ0v) is 24.5. The number of aromatic nitrogens is 6. The minimum absolute atomic E-state index is 0.0776. The lowest BCUT2D eigenvalue weighted by molar-refractivity contribution is -0.0625. The predicted octanol–water partition coefficient (Wildman–Crippen LogP) is -0.593. The number of rotatable bonds is 12. The van der Waals surface area contributed by atoms with Crippen molar-refractivity contribution in [1.29, 1.82) is 0 Å². The van der Waals surface area contributed by atoms with Crippen LogP contribution in [0.4, 0.5) is 10.6 Å². The Hall–Kier alpha value is -3.40. The number of nitrogen functional groups attached to an aromatic ring is 1. The van der Waals surface area contributed by atoms with Crippen molar-refractivity contribution in [3.8, 4) is 0 Å². The topological polar surface area (TPSA) is 275 Å². The normalized spacial score (nSPS) is 28.3. The van der Waals surface area contributed by atoms with E-state index in [0.29, 0.717) is 22.5 Å². The lowest BCUT2D eigenvalue weighted by atomic mass is 10.1. The van der Waals surface area contributed by atoms with E-state index in [2.05, 4.69) is 24.7 Å². The largest absolute Gasteiger partial charge is 0.506 e. The fourth-order valence-corrected chi connectivity index (χ4v) is 7.55. The number of nitrogens with two attached hydrogens (primary N) is 1. The zero-order valence-electron chi connectivity index (χ0n) is 22.8. The molecule has 2 aliphatic rings. The first-order valence-electron chi connectivity index (χ1n) is 12.8. The van der Waals surface area contributed by atoms with Crippen LogP contribution in [-0.2, 0) is 32.6 Å². The Morgan fingerprint density at radius 3 is 2.73 bits per heavy atom. The van der Waals surface area contributed by atoms with Gasteiger partial charge in [0.2, 0.25) is 0 Å². The van der Waals surface area contributed by atoms with E-state index in [4.69, 9.17) is 34.1 Å². The molecular weight excluding hydrogens is 633 g/mol. The molecule has 3 aromatic heterocycles. The van der Waals surface area contributed by atoms with Gasteiger partial charge in [-0.05, 0) is 0 Å². The first-order chi connectivity index (χ1) is 21.0. The molecule has 8 atom stereocenters. The molecule has 0 aromatic carbocycles. The van der Waals surface area contributed by atoms with Gasteiger partial charge >= 0.3 is 18.6 Å². The third kappa shape index (κ3) is 6.65. The molecule has 0 aliphatic carbocycles. The van der Waals surface area contributed by atoms with Crippen molar-refractivity contribution in [2.24, 2.45) is 0 Å². The summed E-state index contributed by atoms with van der Waals surface area (Å²) in [5.41, 5.74) is 5.05. The van der Waals surface area contributed by atoms with Gasteiger partial charge in [-0.1, -0.05) is 0 Å². The second-order valence-corrected chi connectivity index (χ2v) is 13.4. The van der Waals surface area contributed by atoms with Gasteiger partial charge in [0.15, 0.2) is 23.6 Å². The quantitative estimate of drug-likeness (QED) is 0.0921. The lowest BCUT2D eigenvalue weighted by Crippen LogP contribution is -2.39. The number of carboxylic acid groups (broad SMARTS) is 1. The van der Waals surface area contributed by atoms with Crippen LogP contribution in [0.3, 0.4) is 0 Å².